The third-order valence-electron chi connectivity index (χ3n) is 12.0. The molecule has 0 heterocycles. The van der Waals surface area contributed by atoms with Crippen molar-refractivity contribution in [2.45, 2.75) is 262 Å². The van der Waals surface area contributed by atoms with Crippen LogP contribution in [0, 0.1) is 35.5 Å². The first-order valence-corrected chi connectivity index (χ1v) is 37.1. The fourth-order valence-corrected chi connectivity index (χ4v) is 19.8. The van der Waals surface area contributed by atoms with Gasteiger partial charge in [-0.15, -0.1) is 0 Å². The lowest BCUT2D eigenvalue weighted by atomic mass is 10.1. The maximum atomic E-state index is 6.82. The van der Waals surface area contributed by atoms with Crippen LogP contribution in [0.2, 0.25) is 12.1 Å². The van der Waals surface area contributed by atoms with E-state index in [1.54, 1.807) is 0 Å². The van der Waals surface area contributed by atoms with Gasteiger partial charge in [0.25, 0.3) is 0 Å². The summed E-state index contributed by atoms with van der Waals surface area (Å²) in [6, 6.07) is 1.84. The summed E-state index contributed by atoms with van der Waals surface area (Å²) < 4.78 is 40.9. The second-order valence-electron chi connectivity index (χ2n) is 21.9. The summed E-state index contributed by atoms with van der Waals surface area (Å²) in [6.45, 7) is 32.5. The molecule has 0 N–H and O–H groups in total. The highest BCUT2D eigenvalue weighted by Crippen LogP contribution is 2.44. The van der Waals surface area contributed by atoms with Gasteiger partial charge in [-0.25, -0.2) is 0 Å². The summed E-state index contributed by atoms with van der Waals surface area (Å²) in [4.78, 5) is 0. The van der Waals surface area contributed by atoms with Crippen molar-refractivity contribution in [3.63, 3.8) is 0 Å². The summed E-state index contributed by atoms with van der Waals surface area (Å²) >= 11 is 0. The Labute approximate surface area is 431 Å². The first-order chi connectivity index (χ1) is 31.7. The minimum atomic E-state index is -2.78. The van der Waals surface area contributed by atoms with E-state index in [9.17, 15) is 0 Å². The lowest BCUT2D eigenvalue weighted by Crippen LogP contribution is -2.46. The van der Waals surface area contributed by atoms with Crippen LogP contribution in [-0.2, 0) is 26.6 Å². The molecule has 0 rings (SSSR count). The quantitative estimate of drug-likeness (QED) is 0.0334. The van der Waals surface area contributed by atoms with Crippen LogP contribution in [-0.4, -0.2) is 68.8 Å². The van der Waals surface area contributed by atoms with Crippen molar-refractivity contribution in [1.29, 1.82) is 0 Å². The number of hydrogen-bond acceptors (Lipinski definition) is 10. The standard InChI is InChI=1S/C54H114O6S4Si2/c1-49(2)33-19-13-25-39-55-65(56-40-26-14-20-34-50(3)4,57-41-27-15-21-35-51(5)6)47-31-45-61-63-64-62-46-32-48-66(58-42-28-16-22-36-52(7)8,59-43-29-17-23-37-53(9)10)60-44-30-18-24-38-54(11)12/h49-54H,13-48H2,1-12H3. The zero-order valence-electron chi connectivity index (χ0n) is 46.0. The molecule has 0 aliphatic carbocycles. The highest BCUT2D eigenvalue weighted by atomic mass is 33.7. The topological polar surface area (TPSA) is 55.4 Å². The van der Waals surface area contributed by atoms with Crippen molar-refractivity contribution in [2.75, 3.05) is 51.1 Å². The van der Waals surface area contributed by atoms with E-state index < -0.39 is 17.6 Å². The SMILES string of the molecule is CC(C)CCCCCO[Si](CCCSSSSCCC[Si](OCCCCCC(C)C)(OCCCCCC(C)C)OCCCCCC(C)C)(OCCCCCC(C)C)OCCCCCC(C)C. The van der Waals surface area contributed by atoms with Crippen molar-refractivity contribution in [3.05, 3.63) is 0 Å². The van der Waals surface area contributed by atoms with Gasteiger partial charge >= 0.3 is 17.6 Å². The van der Waals surface area contributed by atoms with E-state index in [1.165, 1.54) is 116 Å². The van der Waals surface area contributed by atoms with E-state index in [1.807, 2.05) is 41.2 Å². The molecular formula is C54H114O6S4Si2. The van der Waals surface area contributed by atoms with E-state index in [0.717, 1.165) is 150 Å². The van der Waals surface area contributed by atoms with Gasteiger partial charge in [0, 0.05) is 63.2 Å². The Bertz CT molecular complexity index is 820. The van der Waals surface area contributed by atoms with Crippen molar-refractivity contribution >= 4 is 58.8 Å². The van der Waals surface area contributed by atoms with Crippen molar-refractivity contribution < 1.29 is 26.6 Å². The molecule has 0 spiro atoms. The molecule has 0 aliphatic rings. The van der Waals surface area contributed by atoms with Gasteiger partial charge in [0.15, 0.2) is 0 Å². The molecule has 0 bridgehead atoms. The minimum Gasteiger partial charge on any atom is -0.373 e. The van der Waals surface area contributed by atoms with Gasteiger partial charge in [-0.1, -0.05) is 220 Å². The van der Waals surface area contributed by atoms with E-state index >= 15 is 0 Å². The molecular weight excluding hydrogens is 929 g/mol. The largest absolute Gasteiger partial charge is 0.500 e. The highest BCUT2D eigenvalue weighted by molar-refractivity contribution is 9.26. The van der Waals surface area contributed by atoms with Gasteiger partial charge in [0.2, 0.25) is 0 Å². The van der Waals surface area contributed by atoms with Crippen LogP contribution < -0.4 is 0 Å². The molecule has 0 aromatic heterocycles. The molecule has 0 unspecified atom stereocenters. The minimum absolute atomic E-state index is 0.763. The van der Waals surface area contributed by atoms with Gasteiger partial charge < -0.3 is 26.6 Å². The van der Waals surface area contributed by atoms with Crippen LogP contribution in [0.4, 0.5) is 0 Å². The number of unbranched alkanes of at least 4 members (excludes halogenated alkanes) is 12. The molecule has 0 radical (unpaired) electrons. The fraction of sp³-hybridized carbons (Fsp3) is 1.00. The Morgan fingerprint density at radius 1 is 0.258 bits per heavy atom. The van der Waals surface area contributed by atoms with Crippen molar-refractivity contribution in [1.82, 2.24) is 0 Å². The third-order valence-corrected chi connectivity index (χ3v) is 24.5. The van der Waals surface area contributed by atoms with E-state index in [0.29, 0.717) is 0 Å². The Hall–Kier alpha value is 1.59. The molecule has 0 fully saturated rings. The van der Waals surface area contributed by atoms with Crippen LogP contribution in [0.5, 0.6) is 0 Å². The average Bonchev–Trinajstić information content (AvgIpc) is 3.25. The Morgan fingerprint density at radius 3 is 0.636 bits per heavy atom. The lowest BCUT2D eigenvalue weighted by molar-refractivity contribution is 0.0543. The molecule has 0 atom stereocenters. The maximum absolute atomic E-state index is 6.82. The lowest BCUT2D eigenvalue weighted by Gasteiger charge is -2.30. The Balaban J connectivity index is 5.37. The zero-order valence-corrected chi connectivity index (χ0v) is 51.3. The predicted molar refractivity (Wildman–Crippen MR) is 306 cm³/mol. The van der Waals surface area contributed by atoms with Gasteiger partial charge in [-0.2, -0.15) is 0 Å². The maximum Gasteiger partial charge on any atom is 0.500 e. The summed E-state index contributed by atoms with van der Waals surface area (Å²) in [5.41, 5.74) is 0. The Morgan fingerprint density at radius 2 is 0.455 bits per heavy atom. The molecule has 0 aromatic rings. The third kappa shape index (κ3) is 46.7. The van der Waals surface area contributed by atoms with Gasteiger partial charge in [-0.05, 0) is 107 Å². The molecule has 398 valence electrons. The van der Waals surface area contributed by atoms with Crippen molar-refractivity contribution in [2.24, 2.45) is 35.5 Å². The summed E-state index contributed by atoms with van der Waals surface area (Å²) in [5.74, 6) is 6.75. The van der Waals surface area contributed by atoms with Crippen LogP contribution in [0.25, 0.3) is 0 Å². The van der Waals surface area contributed by atoms with Crippen LogP contribution in [0.3, 0.4) is 0 Å². The first-order valence-electron chi connectivity index (χ1n) is 28.1. The molecule has 0 saturated carbocycles. The molecule has 66 heavy (non-hydrogen) atoms. The Kier molecular flexibility index (Phi) is 48.7. The van der Waals surface area contributed by atoms with Crippen LogP contribution in [0.1, 0.15) is 250 Å². The first kappa shape index (κ1) is 67.6. The molecule has 0 saturated heterocycles. The van der Waals surface area contributed by atoms with Crippen LogP contribution in [0.15, 0.2) is 0 Å². The molecule has 12 heteroatoms. The summed E-state index contributed by atoms with van der Waals surface area (Å²) in [6.07, 6.45) is 31.5. The molecule has 0 aliphatic heterocycles. The van der Waals surface area contributed by atoms with Gasteiger partial charge in [0.1, 0.15) is 0 Å². The van der Waals surface area contributed by atoms with E-state index in [4.69, 9.17) is 26.6 Å². The zero-order chi connectivity index (χ0) is 49.0. The van der Waals surface area contributed by atoms with Gasteiger partial charge in [-0.3, -0.25) is 0 Å². The molecule has 6 nitrogen and oxygen atoms in total. The molecule has 0 aromatic carbocycles. The number of rotatable bonds is 53. The molecule has 0 amide bonds. The summed E-state index contributed by atoms with van der Waals surface area (Å²) in [7, 11) is 2.25. The monoisotopic (exact) mass is 1040 g/mol. The average molecular weight is 1040 g/mol. The van der Waals surface area contributed by atoms with Gasteiger partial charge in [0.05, 0.1) is 0 Å². The normalized spacial score (nSPS) is 12.8. The summed E-state index contributed by atoms with van der Waals surface area (Å²) in [5, 5.41) is 0. The van der Waals surface area contributed by atoms with E-state index in [2.05, 4.69) is 83.1 Å². The van der Waals surface area contributed by atoms with E-state index in [-0.39, 0.29) is 0 Å². The second kappa shape index (κ2) is 47.6. The predicted octanol–water partition coefficient (Wildman–Crippen LogP) is 19.7. The van der Waals surface area contributed by atoms with Crippen LogP contribution >= 0.6 is 41.2 Å². The smallest absolute Gasteiger partial charge is 0.373 e. The fourth-order valence-electron chi connectivity index (χ4n) is 7.84. The second-order valence-corrected chi connectivity index (χ2v) is 33.6. The van der Waals surface area contributed by atoms with Crippen molar-refractivity contribution in [3.8, 4) is 0 Å². The highest BCUT2D eigenvalue weighted by Gasteiger charge is 2.41. The number of hydrogen-bond donors (Lipinski definition) is 0.